The summed E-state index contributed by atoms with van der Waals surface area (Å²) >= 11 is 0. The van der Waals surface area contributed by atoms with Gasteiger partial charge in [-0.1, -0.05) is 48.5 Å². The zero-order valence-electron chi connectivity index (χ0n) is 20.8. The molecule has 0 spiro atoms. The summed E-state index contributed by atoms with van der Waals surface area (Å²) in [4.78, 5) is 39.3. The normalized spacial score (nSPS) is 15.1. The Bertz CT molecular complexity index is 1490. The molecule has 0 radical (unpaired) electrons. The number of nitrogens with zero attached hydrogens (tertiary/aromatic N) is 1. The highest BCUT2D eigenvalue weighted by Gasteiger charge is 2.36. The predicted molar refractivity (Wildman–Crippen MR) is 142 cm³/mol. The number of aryl methyl sites for hydroxylation is 2. The van der Waals surface area contributed by atoms with E-state index in [9.17, 15) is 14.4 Å². The van der Waals surface area contributed by atoms with Crippen molar-refractivity contribution in [1.29, 1.82) is 0 Å². The highest BCUT2D eigenvalue weighted by atomic mass is 16.5. The molecule has 5 rings (SSSR count). The first kappa shape index (κ1) is 24.3. The molecule has 1 fully saturated rings. The van der Waals surface area contributed by atoms with E-state index in [1.807, 2.05) is 62.4 Å². The monoisotopic (exact) mass is 493 g/mol. The number of hydrogen-bond acceptors (Lipinski definition) is 5. The first-order valence-electron chi connectivity index (χ1n) is 12.2. The number of fused-ring (bicyclic) bond motifs is 1. The molecule has 0 saturated carbocycles. The van der Waals surface area contributed by atoms with Crippen LogP contribution in [0.1, 0.15) is 27.9 Å². The lowest BCUT2D eigenvalue weighted by Crippen LogP contribution is -2.27. The zero-order valence-corrected chi connectivity index (χ0v) is 20.8. The van der Waals surface area contributed by atoms with Crippen molar-refractivity contribution in [2.75, 3.05) is 18.1 Å². The van der Waals surface area contributed by atoms with Crippen LogP contribution in [0.2, 0.25) is 0 Å². The van der Waals surface area contributed by atoms with Crippen LogP contribution in [0.15, 0.2) is 84.9 Å². The minimum atomic E-state index is -0.619. The number of benzene rings is 4. The van der Waals surface area contributed by atoms with Crippen LogP contribution in [-0.4, -0.2) is 30.8 Å². The lowest BCUT2D eigenvalue weighted by Gasteiger charge is -2.17. The Morgan fingerprint density at radius 3 is 2.43 bits per heavy atom. The van der Waals surface area contributed by atoms with Gasteiger partial charge in [-0.25, -0.2) is 0 Å². The van der Waals surface area contributed by atoms with Crippen molar-refractivity contribution in [3.63, 3.8) is 0 Å². The van der Waals surface area contributed by atoms with Gasteiger partial charge in [0.05, 0.1) is 5.92 Å². The molecule has 0 aliphatic carbocycles. The van der Waals surface area contributed by atoms with Gasteiger partial charge in [-0.05, 0) is 66.8 Å². The second-order valence-corrected chi connectivity index (χ2v) is 9.31. The fraction of sp³-hybridized carbons (Fsp3) is 0.194. The lowest BCUT2D eigenvalue weighted by molar-refractivity contribution is -0.147. The maximum absolute atomic E-state index is 12.7. The number of hydrogen-bond donors (Lipinski definition) is 0. The summed E-state index contributed by atoms with van der Waals surface area (Å²) in [5.41, 5.74) is 3.27. The van der Waals surface area contributed by atoms with Gasteiger partial charge < -0.3 is 14.4 Å². The SMILES string of the molecule is Cc1ccc(C(=O)COC(=O)[C@H]2CC(=O)N(c3ccc(Oc4cccc5ccccc45)cc3)C2)cc1C. The van der Waals surface area contributed by atoms with E-state index in [2.05, 4.69) is 0 Å². The second-order valence-electron chi connectivity index (χ2n) is 9.31. The molecule has 0 bridgehead atoms. The topological polar surface area (TPSA) is 72.9 Å². The van der Waals surface area contributed by atoms with E-state index in [4.69, 9.17) is 9.47 Å². The summed E-state index contributed by atoms with van der Waals surface area (Å²) in [6.45, 7) is 3.77. The first-order valence-corrected chi connectivity index (χ1v) is 12.2. The third-order valence-corrected chi connectivity index (χ3v) is 6.76. The molecular formula is C31H27NO5. The van der Waals surface area contributed by atoms with Crippen LogP contribution in [0.5, 0.6) is 11.5 Å². The fourth-order valence-electron chi connectivity index (χ4n) is 4.47. The van der Waals surface area contributed by atoms with Gasteiger partial charge >= 0.3 is 5.97 Å². The van der Waals surface area contributed by atoms with Gasteiger partial charge in [0, 0.05) is 29.6 Å². The van der Waals surface area contributed by atoms with Crippen LogP contribution in [0, 0.1) is 19.8 Å². The van der Waals surface area contributed by atoms with E-state index in [1.54, 1.807) is 41.3 Å². The number of carbonyl (C=O) groups is 3. The summed E-state index contributed by atoms with van der Waals surface area (Å²) in [6.07, 6.45) is 0.0465. The molecule has 0 N–H and O–H groups in total. The smallest absolute Gasteiger partial charge is 0.311 e. The Balaban J connectivity index is 1.20. The van der Waals surface area contributed by atoms with Crippen LogP contribution in [-0.2, 0) is 14.3 Å². The molecule has 1 heterocycles. The van der Waals surface area contributed by atoms with Crippen molar-refractivity contribution in [2.45, 2.75) is 20.3 Å². The molecular weight excluding hydrogens is 466 g/mol. The molecule has 1 amide bonds. The van der Waals surface area contributed by atoms with E-state index in [0.29, 0.717) is 17.0 Å². The number of Topliss-reactive ketones (excluding diaryl/α,β-unsaturated/α-hetero) is 1. The third-order valence-electron chi connectivity index (χ3n) is 6.76. The number of anilines is 1. The molecule has 186 valence electrons. The third kappa shape index (κ3) is 5.23. The summed E-state index contributed by atoms with van der Waals surface area (Å²) in [6, 6.07) is 26.5. The van der Waals surface area contributed by atoms with Gasteiger partial charge in [0.25, 0.3) is 0 Å². The molecule has 6 heteroatoms. The van der Waals surface area contributed by atoms with Gasteiger partial charge in [-0.15, -0.1) is 0 Å². The van der Waals surface area contributed by atoms with Crippen molar-refractivity contribution in [3.8, 4) is 11.5 Å². The largest absolute Gasteiger partial charge is 0.457 e. The molecule has 1 aliphatic heterocycles. The maximum atomic E-state index is 12.7. The van der Waals surface area contributed by atoms with E-state index in [0.717, 1.165) is 27.6 Å². The number of amides is 1. The van der Waals surface area contributed by atoms with E-state index < -0.39 is 11.9 Å². The quantitative estimate of drug-likeness (QED) is 0.232. The predicted octanol–water partition coefficient (Wildman–Crippen LogP) is 6.03. The minimum Gasteiger partial charge on any atom is -0.457 e. The molecule has 6 nitrogen and oxygen atoms in total. The molecule has 1 atom stereocenters. The Morgan fingerprint density at radius 2 is 1.65 bits per heavy atom. The Hall–Kier alpha value is -4.45. The van der Waals surface area contributed by atoms with E-state index in [-0.39, 0.29) is 31.3 Å². The molecule has 37 heavy (non-hydrogen) atoms. The van der Waals surface area contributed by atoms with Crippen LogP contribution >= 0.6 is 0 Å². The summed E-state index contributed by atoms with van der Waals surface area (Å²) in [7, 11) is 0. The van der Waals surface area contributed by atoms with Gasteiger partial charge in [-0.2, -0.15) is 0 Å². The molecule has 4 aromatic rings. The van der Waals surface area contributed by atoms with Crippen molar-refractivity contribution < 1.29 is 23.9 Å². The highest BCUT2D eigenvalue weighted by molar-refractivity contribution is 6.01. The highest BCUT2D eigenvalue weighted by Crippen LogP contribution is 2.32. The van der Waals surface area contributed by atoms with Crippen LogP contribution in [0.25, 0.3) is 10.8 Å². The van der Waals surface area contributed by atoms with Crippen molar-refractivity contribution in [3.05, 3.63) is 102 Å². The lowest BCUT2D eigenvalue weighted by atomic mass is 10.0. The van der Waals surface area contributed by atoms with Crippen LogP contribution in [0.3, 0.4) is 0 Å². The van der Waals surface area contributed by atoms with Gasteiger partial charge in [-0.3, -0.25) is 14.4 Å². The maximum Gasteiger partial charge on any atom is 0.311 e. The van der Waals surface area contributed by atoms with Gasteiger partial charge in [0.2, 0.25) is 5.91 Å². The standard InChI is InChI=1S/C31H27NO5/c1-20-10-11-23(16-21(20)2)28(33)19-36-31(35)24-17-30(34)32(18-24)25-12-14-26(15-13-25)37-29-9-5-7-22-6-3-4-8-27(22)29/h3-16,24H,17-19H2,1-2H3/t24-/m0/s1. The molecule has 0 unspecified atom stereocenters. The molecule has 1 saturated heterocycles. The summed E-state index contributed by atoms with van der Waals surface area (Å²) in [5, 5.41) is 2.11. The van der Waals surface area contributed by atoms with Gasteiger partial charge in [0.1, 0.15) is 11.5 Å². The van der Waals surface area contributed by atoms with E-state index in [1.165, 1.54) is 0 Å². The Labute approximate surface area is 215 Å². The molecule has 4 aromatic carbocycles. The van der Waals surface area contributed by atoms with Crippen molar-refractivity contribution in [2.24, 2.45) is 5.92 Å². The van der Waals surface area contributed by atoms with Crippen molar-refractivity contribution in [1.82, 2.24) is 0 Å². The van der Waals surface area contributed by atoms with Crippen LogP contribution < -0.4 is 9.64 Å². The van der Waals surface area contributed by atoms with Crippen molar-refractivity contribution >= 4 is 34.1 Å². The first-order chi connectivity index (χ1) is 17.9. The van der Waals surface area contributed by atoms with Crippen LogP contribution in [0.4, 0.5) is 5.69 Å². The Morgan fingerprint density at radius 1 is 0.892 bits per heavy atom. The summed E-state index contributed by atoms with van der Waals surface area (Å²) in [5.74, 6) is -0.186. The number of rotatable bonds is 7. The average Bonchev–Trinajstić information content (AvgIpc) is 3.31. The second kappa shape index (κ2) is 10.3. The molecule has 0 aromatic heterocycles. The molecule has 1 aliphatic rings. The fourth-order valence-corrected chi connectivity index (χ4v) is 4.47. The number of carbonyl (C=O) groups excluding carboxylic acids is 3. The van der Waals surface area contributed by atoms with E-state index >= 15 is 0 Å². The number of esters is 1. The average molecular weight is 494 g/mol. The minimum absolute atomic E-state index is 0.0465. The summed E-state index contributed by atoms with van der Waals surface area (Å²) < 4.78 is 11.4. The zero-order chi connectivity index (χ0) is 25.9. The Kier molecular flexibility index (Phi) is 6.73. The number of ketones is 1. The van der Waals surface area contributed by atoms with Gasteiger partial charge in [0.15, 0.2) is 12.4 Å². The number of ether oxygens (including phenoxy) is 2.